The lowest BCUT2D eigenvalue weighted by atomic mass is 9.95. The summed E-state index contributed by atoms with van der Waals surface area (Å²) in [5.41, 5.74) is 16.1. The Bertz CT molecular complexity index is 502. The van der Waals surface area contributed by atoms with E-state index in [1.165, 1.54) is 6.26 Å². The summed E-state index contributed by atoms with van der Waals surface area (Å²) in [5, 5.41) is 0. The van der Waals surface area contributed by atoms with Gasteiger partial charge in [-0.25, -0.2) is 0 Å². The molecule has 0 radical (unpaired) electrons. The van der Waals surface area contributed by atoms with E-state index in [2.05, 4.69) is 19.7 Å². The highest BCUT2D eigenvalue weighted by atomic mass is 16.5. The van der Waals surface area contributed by atoms with Gasteiger partial charge in [0.1, 0.15) is 5.75 Å². The van der Waals surface area contributed by atoms with Crippen LogP contribution >= 0.6 is 0 Å². The van der Waals surface area contributed by atoms with Gasteiger partial charge >= 0.3 is 0 Å². The van der Waals surface area contributed by atoms with Crippen molar-refractivity contribution in [2.24, 2.45) is 0 Å². The second kappa shape index (κ2) is 4.78. The van der Waals surface area contributed by atoms with Gasteiger partial charge in [0, 0.05) is 11.1 Å². The lowest BCUT2D eigenvalue weighted by molar-refractivity contribution is 0.481. The van der Waals surface area contributed by atoms with Gasteiger partial charge in [-0.1, -0.05) is 25.8 Å². The van der Waals surface area contributed by atoms with Crippen LogP contribution in [0.15, 0.2) is 26.0 Å². The summed E-state index contributed by atoms with van der Waals surface area (Å²) in [4.78, 5) is 0. The molecule has 0 heterocycles. The van der Waals surface area contributed by atoms with Crippen LogP contribution in [0.25, 0.3) is 11.6 Å². The average Bonchev–Trinajstić information content (AvgIpc) is 2.27. The Kier molecular flexibility index (Phi) is 3.63. The molecule has 0 fully saturated rings. The fourth-order valence-electron chi connectivity index (χ4n) is 1.78. The van der Waals surface area contributed by atoms with E-state index in [9.17, 15) is 0 Å². The Morgan fingerprint density at radius 2 is 1.82 bits per heavy atom. The number of allylic oxidation sites excluding steroid dienone is 1. The van der Waals surface area contributed by atoms with Crippen molar-refractivity contribution in [3.8, 4) is 5.75 Å². The molecule has 0 unspecified atom stereocenters. The molecule has 17 heavy (non-hydrogen) atoms. The van der Waals surface area contributed by atoms with Crippen LogP contribution in [0.4, 0.5) is 11.4 Å². The third-order valence-corrected chi connectivity index (χ3v) is 2.67. The summed E-state index contributed by atoms with van der Waals surface area (Å²) >= 11 is 0. The number of anilines is 2. The molecule has 0 aliphatic carbocycles. The standard InChI is InChI=1S/C14H18N2O/c1-6-10-9(5)12(15)13(16)11(8(3)4)14(10)17-7-2/h6-7H,1-3,15-16H2,4-5H3. The molecule has 1 rings (SSSR count). The maximum Gasteiger partial charge on any atom is 0.143 e. The van der Waals surface area contributed by atoms with Crippen molar-refractivity contribution < 1.29 is 4.74 Å². The molecule has 0 atom stereocenters. The molecule has 0 amide bonds. The SMILES string of the molecule is C=COc1c(C=C)c(C)c(N)c(N)c1C(=C)C. The smallest absolute Gasteiger partial charge is 0.143 e. The first kappa shape index (κ1) is 12.9. The van der Waals surface area contributed by atoms with E-state index in [0.717, 1.165) is 16.7 Å². The van der Waals surface area contributed by atoms with Gasteiger partial charge in [-0.3, -0.25) is 0 Å². The van der Waals surface area contributed by atoms with Crippen molar-refractivity contribution in [2.75, 3.05) is 11.5 Å². The predicted octanol–water partition coefficient (Wildman–Crippen LogP) is 3.36. The number of nitrogen functional groups attached to an aromatic ring is 2. The van der Waals surface area contributed by atoms with E-state index in [1.54, 1.807) is 6.08 Å². The lowest BCUT2D eigenvalue weighted by Crippen LogP contribution is -2.06. The maximum absolute atomic E-state index is 6.00. The molecule has 0 bridgehead atoms. The summed E-state index contributed by atoms with van der Waals surface area (Å²) < 4.78 is 5.43. The normalized spacial score (nSPS) is 9.76. The molecular weight excluding hydrogens is 212 g/mol. The molecule has 1 aromatic rings. The summed E-state index contributed by atoms with van der Waals surface area (Å²) in [5.74, 6) is 0.603. The largest absolute Gasteiger partial charge is 0.464 e. The van der Waals surface area contributed by atoms with Gasteiger partial charge in [0.05, 0.1) is 17.6 Å². The van der Waals surface area contributed by atoms with Crippen LogP contribution < -0.4 is 16.2 Å². The lowest BCUT2D eigenvalue weighted by Gasteiger charge is -2.19. The van der Waals surface area contributed by atoms with E-state index >= 15 is 0 Å². The first-order valence-corrected chi connectivity index (χ1v) is 5.23. The summed E-state index contributed by atoms with van der Waals surface area (Å²) in [7, 11) is 0. The third kappa shape index (κ3) is 2.04. The topological polar surface area (TPSA) is 61.3 Å². The number of hydrogen-bond acceptors (Lipinski definition) is 3. The Hall–Kier alpha value is -2.16. The van der Waals surface area contributed by atoms with Gasteiger partial charge in [-0.05, 0) is 25.0 Å². The van der Waals surface area contributed by atoms with Crippen molar-refractivity contribution in [2.45, 2.75) is 13.8 Å². The highest BCUT2D eigenvalue weighted by molar-refractivity contribution is 5.90. The van der Waals surface area contributed by atoms with Crippen LogP contribution in [-0.2, 0) is 0 Å². The van der Waals surface area contributed by atoms with E-state index in [-0.39, 0.29) is 0 Å². The molecule has 0 spiro atoms. The minimum absolute atomic E-state index is 0.484. The van der Waals surface area contributed by atoms with Crippen LogP contribution in [0, 0.1) is 6.92 Å². The molecule has 0 aliphatic heterocycles. The van der Waals surface area contributed by atoms with Crippen molar-refractivity contribution in [3.05, 3.63) is 42.7 Å². The summed E-state index contributed by atoms with van der Waals surface area (Å²) in [6, 6.07) is 0. The zero-order chi connectivity index (χ0) is 13.2. The van der Waals surface area contributed by atoms with E-state index in [1.807, 2.05) is 13.8 Å². The Labute approximate surface area is 102 Å². The highest BCUT2D eigenvalue weighted by Crippen LogP contribution is 2.41. The number of rotatable bonds is 4. The first-order valence-electron chi connectivity index (χ1n) is 5.23. The van der Waals surface area contributed by atoms with E-state index in [4.69, 9.17) is 16.2 Å². The van der Waals surface area contributed by atoms with Crippen molar-refractivity contribution in [1.29, 1.82) is 0 Å². The van der Waals surface area contributed by atoms with Crippen LogP contribution in [0.2, 0.25) is 0 Å². The Morgan fingerprint density at radius 1 is 1.24 bits per heavy atom. The molecule has 90 valence electrons. The molecule has 3 heteroatoms. The molecule has 1 aromatic carbocycles. The second-order valence-electron chi connectivity index (χ2n) is 3.84. The average molecular weight is 230 g/mol. The van der Waals surface area contributed by atoms with Crippen LogP contribution in [-0.4, -0.2) is 0 Å². The second-order valence-corrected chi connectivity index (χ2v) is 3.84. The van der Waals surface area contributed by atoms with E-state index in [0.29, 0.717) is 22.7 Å². The van der Waals surface area contributed by atoms with Gasteiger partial charge in [0.15, 0.2) is 0 Å². The van der Waals surface area contributed by atoms with Crippen molar-refractivity contribution >= 4 is 23.0 Å². The van der Waals surface area contributed by atoms with Crippen LogP contribution in [0.3, 0.4) is 0 Å². The first-order chi connectivity index (χ1) is 7.95. The summed E-state index contributed by atoms with van der Waals surface area (Å²) in [6.07, 6.45) is 3.04. The minimum Gasteiger partial charge on any atom is -0.464 e. The monoisotopic (exact) mass is 230 g/mol. The number of nitrogens with two attached hydrogens (primary N) is 2. The minimum atomic E-state index is 0.484. The van der Waals surface area contributed by atoms with Gasteiger partial charge in [-0.15, -0.1) is 0 Å². The van der Waals surface area contributed by atoms with Crippen LogP contribution in [0.1, 0.15) is 23.6 Å². The third-order valence-electron chi connectivity index (χ3n) is 2.67. The Morgan fingerprint density at radius 3 is 2.24 bits per heavy atom. The maximum atomic E-state index is 6.00. The zero-order valence-electron chi connectivity index (χ0n) is 10.3. The number of ether oxygens (including phenoxy) is 1. The zero-order valence-corrected chi connectivity index (χ0v) is 10.3. The molecular formula is C14H18N2O. The van der Waals surface area contributed by atoms with E-state index < -0.39 is 0 Å². The highest BCUT2D eigenvalue weighted by Gasteiger charge is 2.18. The molecule has 0 saturated heterocycles. The van der Waals surface area contributed by atoms with Crippen molar-refractivity contribution in [1.82, 2.24) is 0 Å². The number of hydrogen-bond donors (Lipinski definition) is 2. The van der Waals surface area contributed by atoms with Gasteiger partial charge < -0.3 is 16.2 Å². The fraction of sp³-hybridized carbons (Fsp3) is 0.143. The van der Waals surface area contributed by atoms with Gasteiger partial charge in [-0.2, -0.15) is 0 Å². The number of benzene rings is 1. The quantitative estimate of drug-likeness (QED) is 0.616. The fourth-order valence-corrected chi connectivity index (χ4v) is 1.78. The van der Waals surface area contributed by atoms with Gasteiger partial charge in [0.25, 0.3) is 0 Å². The molecule has 4 N–H and O–H groups in total. The molecule has 0 saturated carbocycles. The van der Waals surface area contributed by atoms with Crippen molar-refractivity contribution in [3.63, 3.8) is 0 Å². The molecule has 3 nitrogen and oxygen atoms in total. The molecule has 0 aromatic heterocycles. The van der Waals surface area contributed by atoms with Gasteiger partial charge in [0.2, 0.25) is 0 Å². The van der Waals surface area contributed by atoms with Crippen LogP contribution in [0.5, 0.6) is 5.75 Å². The summed E-state index contributed by atoms with van der Waals surface area (Å²) in [6.45, 7) is 14.9. The predicted molar refractivity (Wildman–Crippen MR) is 75.6 cm³/mol. The Balaban J connectivity index is 3.78. The molecule has 0 aliphatic rings.